The second-order valence-corrected chi connectivity index (χ2v) is 6.38. The monoisotopic (exact) mass is 366 g/mol. The fourth-order valence-corrected chi connectivity index (χ4v) is 3.39. The highest BCUT2D eigenvalue weighted by atomic mass is 32.1. The highest BCUT2D eigenvalue weighted by Crippen LogP contribution is 2.29. The molecule has 0 fully saturated rings. The Morgan fingerprint density at radius 1 is 1.16 bits per heavy atom. The molecule has 0 atom stereocenters. The van der Waals surface area contributed by atoms with Crippen LogP contribution in [-0.4, -0.2) is 22.5 Å². The second kappa shape index (κ2) is 7.18. The molecule has 0 aliphatic rings. The zero-order chi connectivity index (χ0) is 18.0. The van der Waals surface area contributed by atoms with Crippen molar-refractivity contribution >= 4 is 27.5 Å². The minimum absolute atomic E-state index is 0.0236. The number of rotatable bonds is 5. The molecule has 2 heterocycles. The maximum Gasteiger partial charge on any atom is 0.310 e. The van der Waals surface area contributed by atoms with E-state index in [0.717, 1.165) is 16.9 Å². The van der Waals surface area contributed by atoms with Gasteiger partial charge in [0.2, 0.25) is 0 Å². The molecule has 130 valence electrons. The molecule has 0 saturated carbocycles. The number of nitrogens with zero attached hydrogens (tertiary/aromatic N) is 2. The lowest BCUT2D eigenvalue weighted by Gasteiger charge is -2.03. The number of halogens is 3. The maximum absolute atomic E-state index is 13.8. The Bertz CT molecular complexity index is 943. The van der Waals surface area contributed by atoms with Gasteiger partial charge in [-0.25, -0.2) is 18.2 Å². The predicted molar refractivity (Wildman–Crippen MR) is 86.9 cm³/mol. The normalized spacial score (nSPS) is 11.0. The molecule has 0 amide bonds. The van der Waals surface area contributed by atoms with Gasteiger partial charge in [-0.3, -0.25) is 9.78 Å². The van der Waals surface area contributed by atoms with Crippen molar-refractivity contribution in [3.05, 3.63) is 58.1 Å². The summed E-state index contributed by atoms with van der Waals surface area (Å²) in [5, 5.41) is 0.425. The van der Waals surface area contributed by atoms with E-state index in [1.54, 1.807) is 25.4 Å². The smallest absolute Gasteiger partial charge is 0.310 e. The fraction of sp³-hybridized carbons (Fsp3) is 0.235. The van der Waals surface area contributed by atoms with Crippen LogP contribution >= 0.6 is 11.3 Å². The standard InChI is InChI=1S/C17H13F3N2O2S/c1-2-24-14(23)5-10-3-9(7-21-8-10)4-13-22-16-15(20)11(18)6-12(19)17(16)25-13/h3,6-8H,2,4-5H2,1H3. The molecule has 0 aliphatic carbocycles. The Balaban J connectivity index is 1.85. The zero-order valence-electron chi connectivity index (χ0n) is 13.2. The van der Waals surface area contributed by atoms with Gasteiger partial charge in [0.25, 0.3) is 0 Å². The number of carbonyl (C=O) groups excluding carboxylic acids is 1. The van der Waals surface area contributed by atoms with Gasteiger partial charge in [-0.2, -0.15) is 0 Å². The molecule has 8 heteroatoms. The Hall–Kier alpha value is -2.48. The van der Waals surface area contributed by atoms with Gasteiger partial charge in [-0.05, 0) is 18.1 Å². The van der Waals surface area contributed by atoms with Crippen LogP contribution in [0.15, 0.2) is 24.5 Å². The average Bonchev–Trinajstić information content (AvgIpc) is 2.98. The van der Waals surface area contributed by atoms with Gasteiger partial charge in [0.15, 0.2) is 11.6 Å². The van der Waals surface area contributed by atoms with Crippen molar-refractivity contribution in [3.63, 3.8) is 0 Å². The van der Waals surface area contributed by atoms with E-state index in [4.69, 9.17) is 4.74 Å². The number of hydrogen-bond acceptors (Lipinski definition) is 5. The highest BCUT2D eigenvalue weighted by Gasteiger charge is 2.17. The van der Waals surface area contributed by atoms with E-state index in [9.17, 15) is 18.0 Å². The van der Waals surface area contributed by atoms with Gasteiger partial charge in [0.05, 0.1) is 22.7 Å². The van der Waals surface area contributed by atoms with Crippen LogP contribution in [0.1, 0.15) is 23.1 Å². The maximum atomic E-state index is 13.8. The molecule has 1 aromatic carbocycles. The molecule has 0 unspecified atom stereocenters. The molecule has 0 bridgehead atoms. The molecule has 3 rings (SSSR count). The lowest BCUT2D eigenvalue weighted by molar-refractivity contribution is -0.142. The van der Waals surface area contributed by atoms with Crippen LogP contribution in [0.25, 0.3) is 10.2 Å². The Morgan fingerprint density at radius 3 is 2.68 bits per heavy atom. The van der Waals surface area contributed by atoms with Crippen molar-refractivity contribution in [3.8, 4) is 0 Å². The number of fused-ring (bicyclic) bond motifs is 1. The first kappa shape index (κ1) is 17.3. The van der Waals surface area contributed by atoms with Crippen molar-refractivity contribution in [2.24, 2.45) is 0 Å². The molecule has 3 aromatic rings. The Labute approximate surface area is 145 Å². The largest absolute Gasteiger partial charge is 0.466 e. The lowest BCUT2D eigenvalue weighted by atomic mass is 10.1. The summed E-state index contributed by atoms with van der Waals surface area (Å²) in [6, 6.07) is 2.27. The van der Waals surface area contributed by atoms with Gasteiger partial charge in [-0.15, -0.1) is 11.3 Å². The Morgan fingerprint density at radius 2 is 1.92 bits per heavy atom. The first-order valence-electron chi connectivity index (χ1n) is 7.49. The van der Waals surface area contributed by atoms with Crippen molar-refractivity contribution in [1.82, 2.24) is 9.97 Å². The number of thiazole rings is 1. The topological polar surface area (TPSA) is 52.1 Å². The quantitative estimate of drug-likeness (QED) is 0.509. The molecule has 0 radical (unpaired) electrons. The van der Waals surface area contributed by atoms with Gasteiger partial charge >= 0.3 is 5.97 Å². The summed E-state index contributed by atoms with van der Waals surface area (Å²) in [5.41, 5.74) is 1.08. The van der Waals surface area contributed by atoms with Gasteiger partial charge in [0.1, 0.15) is 11.3 Å². The van der Waals surface area contributed by atoms with E-state index in [2.05, 4.69) is 9.97 Å². The van der Waals surface area contributed by atoms with Gasteiger partial charge in [0, 0.05) is 24.9 Å². The predicted octanol–water partition coefficient (Wildman–Crippen LogP) is 3.81. The van der Waals surface area contributed by atoms with Crippen molar-refractivity contribution in [2.75, 3.05) is 6.61 Å². The SMILES string of the molecule is CCOC(=O)Cc1cncc(Cc2nc3c(F)c(F)cc(F)c3s2)c1. The molecule has 0 spiro atoms. The average molecular weight is 366 g/mol. The van der Waals surface area contributed by atoms with Crippen LogP contribution in [0.3, 0.4) is 0 Å². The van der Waals surface area contributed by atoms with E-state index < -0.39 is 17.5 Å². The highest BCUT2D eigenvalue weighted by molar-refractivity contribution is 7.18. The van der Waals surface area contributed by atoms with Gasteiger partial charge in [-0.1, -0.05) is 6.07 Å². The fourth-order valence-electron chi connectivity index (χ4n) is 2.39. The van der Waals surface area contributed by atoms with Crippen molar-refractivity contribution < 1.29 is 22.7 Å². The Kier molecular flexibility index (Phi) is 4.98. The third-order valence-electron chi connectivity index (χ3n) is 3.42. The summed E-state index contributed by atoms with van der Waals surface area (Å²) < 4.78 is 45.6. The summed E-state index contributed by atoms with van der Waals surface area (Å²) in [7, 11) is 0. The molecule has 2 aromatic heterocycles. The minimum Gasteiger partial charge on any atom is -0.466 e. The summed E-state index contributed by atoms with van der Waals surface area (Å²) >= 11 is 0.957. The first-order valence-corrected chi connectivity index (χ1v) is 8.31. The molecule has 4 nitrogen and oxygen atoms in total. The minimum atomic E-state index is -1.26. The molecule has 0 saturated heterocycles. The third-order valence-corrected chi connectivity index (χ3v) is 4.48. The summed E-state index contributed by atoms with van der Waals surface area (Å²) in [6.45, 7) is 2.02. The molecular weight excluding hydrogens is 353 g/mol. The summed E-state index contributed by atoms with van der Waals surface area (Å²) in [6.07, 6.45) is 3.48. The van der Waals surface area contributed by atoms with E-state index in [1.165, 1.54) is 0 Å². The molecule has 0 N–H and O–H groups in total. The van der Waals surface area contributed by atoms with Crippen LogP contribution in [0, 0.1) is 17.5 Å². The molecular formula is C17H13F3N2O2S. The third kappa shape index (κ3) is 3.79. The van der Waals surface area contributed by atoms with Crippen molar-refractivity contribution in [1.29, 1.82) is 0 Å². The summed E-state index contributed by atoms with van der Waals surface area (Å²) in [4.78, 5) is 19.6. The number of carbonyl (C=O) groups is 1. The van der Waals surface area contributed by atoms with E-state index in [-0.39, 0.29) is 29.0 Å². The zero-order valence-corrected chi connectivity index (χ0v) is 14.0. The number of benzene rings is 1. The van der Waals surface area contributed by atoms with Crippen LogP contribution < -0.4 is 0 Å². The second-order valence-electron chi connectivity index (χ2n) is 5.30. The van der Waals surface area contributed by atoms with E-state index in [0.29, 0.717) is 23.2 Å². The van der Waals surface area contributed by atoms with Gasteiger partial charge < -0.3 is 4.74 Å². The van der Waals surface area contributed by atoms with E-state index in [1.807, 2.05) is 0 Å². The number of esters is 1. The van der Waals surface area contributed by atoms with E-state index >= 15 is 0 Å². The number of pyridine rings is 1. The van der Waals surface area contributed by atoms with Crippen molar-refractivity contribution in [2.45, 2.75) is 19.8 Å². The van der Waals surface area contributed by atoms with Crippen LogP contribution in [0.4, 0.5) is 13.2 Å². The summed E-state index contributed by atoms with van der Waals surface area (Å²) in [5.74, 6) is -3.62. The van der Waals surface area contributed by atoms with Crippen LogP contribution in [0.2, 0.25) is 0 Å². The number of hydrogen-bond donors (Lipinski definition) is 0. The number of aromatic nitrogens is 2. The van der Waals surface area contributed by atoms with Crippen LogP contribution in [0.5, 0.6) is 0 Å². The lowest BCUT2D eigenvalue weighted by Crippen LogP contribution is -2.08. The first-order chi connectivity index (χ1) is 12.0. The molecule has 25 heavy (non-hydrogen) atoms. The molecule has 0 aliphatic heterocycles. The van der Waals surface area contributed by atoms with Crippen LogP contribution in [-0.2, 0) is 22.4 Å². The number of ether oxygens (including phenoxy) is 1.